The number of alkyl halides is 3. The lowest BCUT2D eigenvalue weighted by Gasteiger charge is -2.08. The quantitative estimate of drug-likeness (QED) is 0.939. The highest BCUT2D eigenvalue weighted by Gasteiger charge is 2.32. The van der Waals surface area contributed by atoms with Crippen LogP contribution in [0.15, 0.2) is 27.7 Å². The molecule has 2 aromatic rings. The van der Waals surface area contributed by atoms with Crippen molar-refractivity contribution in [1.29, 1.82) is 0 Å². The number of nitrogens with zero attached hydrogens (tertiary/aromatic N) is 2. The van der Waals surface area contributed by atoms with Crippen LogP contribution in [0, 0.1) is 13.8 Å². The molecule has 0 aromatic carbocycles. The third-order valence-corrected chi connectivity index (χ3v) is 4.04. The molecule has 0 saturated heterocycles. The van der Waals surface area contributed by atoms with E-state index in [4.69, 9.17) is 4.52 Å². The van der Waals surface area contributed by atoms with Gasteiger partial charge in [-0.15, -0.1) is 0 Å². The second kappa shape index (κ2) is 5.02. The van der Waals surface area contributed by atoms with E-state index in [9.17, 15) is 21.6 Å². The molecule has 0 unspecified atom stereocenters. The van der Waals surface area contributed by atoms with Crippen molar-refractivity contribution >= 4 is 15.9 Å². The molecule has 0 atom stereocenters. The number of hydrogen-bond acceptors (Lipinski definition) is 5. The van der Waals surface area contributed by atoms with Gasteiger partial charge in [0, 0.05) is 11.8 Å². The van der Waals surface area contributed by atoms with Crippen molar-refractivity contribution in [2.75, 3.05) is 4.72 Å². The Morgan fingerprint density at radius 3 is 2.33 bits per heavy atom. The molecule has 2 heterocycles. The zero-order chi connectivity index (χ0) is 15.8. The number of hydrogen-bond donors (Lipinski definition) is 1. The zero-order valence-corrected chi connectivity index (χ0v) is 11.7. The molecule has 0 aliphatic rings. The minimum absolute atomic E-state index is 0.0904. The molecular formula is C11H10F3N3O3S. The van der Waals surface area contributed by atoms with Gasteiger partial charge >= 0.3 is 6.18 Å². The molecule has 2 aromatic heterocycles. The maximum Gasteiger partial charge on any atom is 0.433 e. The van der Waals surface area contributed by atoms with Gasteiger partial charge in [0.2, 0.25) is 5.88 Å². The predicted molar refractivity (Wildman–Crippen MR) is 66.0 cm³/mol. The standard InChI is InChI=1S/C11H10F3N3O3S/c1-6-7(2)16-20-10(6)17-21(18,19)8-3-4-9(15-5-8)11(12,13)14/h3-5,17H,1-2H3. The first-order chi connectivity index (χ1) is 9.61. The molecule has 1 N–H and O–H groups in total. The number of aromatic nitrogens is 2. The molecule has 0 bridgehead atoms. The number of halogens is 3. The van der Waals surface area contributed by atoms with Crippen molar-refractivity contribution in [2.24, 2.45) is 0 Å². The van der Waals surface area contributed by atoms with Crippen molar-refractivity contribution < 1.29 is 26.1 Å². The van der Waals surface area contributed by atoms with Gasteiger partial charge in [-0.2, -0.15) is 13.2 Å². The van der Waals surface area contributed by atoms with Crippen molar-refractivity contribution in [3.63, 3.8) is 0 Å². The highest BCUT2D eigenvalue weighted by atomic mass is 32.2. The number of pyridine rings is 1. The fourth-order valence-corrected chi connectivity index (χ4v) is 2.39. The Kier molecular flexibility index (Phi) is 3.66. The summed E-state index contributed by atoms with van der Waals surface area (Å²) in [6, 6.07) is 1.41. The summed E-state index contributed by atoms with van der Waals surface area (Å²) in [5, 5.41) is 3.57. The lowest BCUT2D eigenvalue weighted by molar-refractivity contribution is -0.141. The normalized spacial score (nSPS) is 12.4. The second-order valence-corrected chi connectivity index (χ2v) is 5.89. The van der Waals surface area contributed by atoms with Crippen LogP contribution in [-0.2, 0) is 16.2 Å². The van der Waals surface area contributed by atoms with E-state index in [1.165, 1.54) is 0 Å². The van der Waals surface area contributed by atoms with Gasteiger partial charge in [-0.05, 0) is 26.0 Å². The minimum Gasteiger partial charge on any atom is -0.337 e. The molecule has 0 spiro atoms. The van der Waals surface area contributed by atoms with E-state index in [1.54, 1.807) is 13.8 Å². The molecule has 0 aliphatic heterocycles. The third kappa shape index (κ3) is 3.15. The van der Waals surface area contributed by atoms with Crippen LogP contribution in [0.5, 0.6) is 0 Å². The Balaban J connectivity index is 2.30. The molecule has 0 saturated carbocycles. The van der Waals surface area contributed by atoms with Crippen LogP contribution < -0.4 is 4.72 Å². The lowest BCUT2D eigenvalue weighted by Crippen LogP contribution is -2.15. The van der Waals surface area contributed by atoms with E-state index in [2.05, 4.69) is 14.9 Å². The molecular weight excluding hydrogens is 311 g/mol. The molecule has 2 rings (SSSR count). The summed E-state index contributed by atoms with van der Waals surface area (Å²) < 4.78 is 68.0. The molecule has 114 valence electrons. The van der Waals surface area contributed by atoms with Crippen LogP contribution in [0.1, 0.15) is 17.0 Å². The Morgan fingerprint density at radius 2 is 1.90 bits per heavy atom. The van der Waals surface area contributed by atoms with E-state index in [0.29, 0.717) is 23.5 Å². The first-order valence-electron chi connectivity index (χ1n) is 5.60. The van der Waals surface area contributed by atoms with Gasteiger partial charge in [-0.1, -0.05) is 5.16 Å². The highest BCUT2D eigenvalue weighted by molar-refractivity contribution is 7.92. The Bertz CT molecular complexity index is 751. The van der Waals surface area contributed by atoms with Gasteiger partial charge in [0.05, 0.1) is 5.69 Å². The first-order valence-corrected chi connectivity index (χ1v) is 7.08. The van der Waals surface area contributed by atoms with Crippen LogP contribution in [0.4, 0.5) is 19.1 Å². The Labute approximate surface area is 118 Å². The summed E-state index contributed by atoms with van der Waals surface area (Å²) >= 11 is 0. The number of rotatable bonds is 3. The highest BCUT2D eigenvalue weighted by Crippen LogP contribution is 2.28. The maximum absolute atomic E-state index is 12.4. The summed E-state index contributed by atoms with van der Waals surface area (Å²) in [6.07, 6.45) is -4.00. The van der Waals surface area contributed by atoms with Gasteiger partial charge in [-0.25, -0.2) is 13.1 Å². The Morgan fingerprint density at radius 1 is 1.24 bits per heavy atom. The fourth-order valence-electron chi connectivity index (χ4n) is 1.40. The van der Waals surface area contributed by atoms with E-state index in [1.807, 2.05) is 0 Å². The number of sulfonamides is 1. The number of anilines is 1. The molecule has 6 nitrogen and oxygen atoms in total. The first kappa shape index (κ1) is 15.3. The number of aryl methyl sites for hydroxylation is 1. The molecule has 0 fully saturated rings. The smallest absolute Gasteiger partial charge is 0.337 e. The molecule has 10 heteroatoms. The van der Waals surface area contributed by atoms with E-state index >= 15 is 0 Å². The largest absolute Gasteiger partial charge is 0.433 e. The van der Waals surface area contributed by atoms with Crippen molar-refractivity contribution in [1.82, 2.24) is 10.1 Å². The van der Waals surface area contributed by atoms with Crippen molar-refractivity contribution in [3.8, 4) is 0 Å². The fraction of sp³-hybridized carbons (Fsp3) is 0.273. The predicted octanol–water partition coefficient (Wildman–Crippen LogP) is 2.51. The second-order valence-electron chi connectivity index (χ2n) is 4.20. The summed E-state index contributed by atoms with van der Waals surface area (Å²) in [5.41, 5.74) is -0.190. The van der Waals surface area contributed by atoms with Gasteiger partial charge < -0.3 is 4.52 Å². The average Bonchev–Trinajstić information content (AvgIpc) is 2.69. The summed E-state index contributed by atoms with van der Waals surface area (Å²) in [5.74, 6) is -0.0904. The van der Waals surface area contributed by atoms with Crippen LogP contribution in [0.2, 0.25) is 0 Å². The maximum atomic E-state index is 12.4. The summed E-state index contributed by atoms with van der Waals surface area (Å²) in [4.78, 5) is 2.68. The molecule has 0 aliphatic carbocycles. The van der Waals surface area contributed by atoms with Crippen LogP contribution in [0.25, 0.3) is 0 Å². The van der Waals surface area contributed by atoms with Crippen molar-refractivity contribution in [3.05, 3.63) is 35.3 Å². The van der Waals surface area contributed by atoms with Gasteiger partial charge in [0.25, 0.3) is 10.0 Å². The number of nitrogens with one attached hydrogen (secondary N) is 1. The van der Waals surface area contributed by atoms with E-state index in [-0.39, 0.29) is 5.88 Å². The van der Waals surface area contributed by atoms with Gasteiger partial charge in [0.1, 0.15) is 10.6 Å². The third-order valence-electron chi connectivity index (χ3n) is 2.72. The average molecular weight is 321 g/mol. The van der Waals surface area contributed by atoms with E-state index in [0.717, 1.165) is 6.07 Å². The van der Waals surface area contributed by atoms with Crippen molar-refractivity contribution in [2.45, 2.75) is 24.9 Å². The monoisotopic (exact) mass is 321 g/mol. The minimum atomic E-state index is -4.63. The zero-order valence-electron chi connectivity index (χ0n) is 10.9. The Hall–Kier alpha value is -2.10. The van der Waals surface area contributed by atoms with Gasteiger partial charge in [0.15, 0.2) is 0 Å². The van der Waals surface area contributed by atoms with Crippen LogP contribution in [-0.4, -0.2) is 18.6 Å². The van der Waals surface area contributed by atoms with E-state index < -0.39 is 26.8 Å². The molecule has 0 radical (unpaired) electrons. The topological polar surface area (TPSA) is 85.1 Å². The molecule has 21 heavy (non-hydrogen) atoms. The van der Waals surface area contributed by atoms with Gasteiger partial charge in [-0.3, -0.25) is 4.98 Å². The summed E-state index contributed by atoms with van der Waals surface area (Å²) in [7, 11) is -4.10. The molecule has 0 amide bonds. The summed E-state index contributed by atoms with van der Waals surface area (Å²) in [6.45, 7) is 3.21. The lowest BCUT2D eigenvalue weighted by atomic mass is 10.3. The SMILES string of the molecule is Cc1noc(NS(=O)(=O)c2ccc(C(F)(F)F)nc2)c1C. The van der Waals surface area contributed by atoms with Crippen LogP contribution >= 0.6 is 0 Å². The van der Waals surface area contributed by atoms with Crippen LogP contribution in [0.3, 0.4) is 0 Å².